The lowest BCUT2D eigenvalue weighted by atomic mass is 10.0. The van der Waals surface area contributed by atoms with E-state index in [2.05, 4.69) is 0 Å². The molecule has 0 aliphatic carbocycles. The van der Waals surface area contributed by atoms with Gasteiger partial charge >= 0.3 is 0 Å². The molecule has 2 N–H and O–H groups in total. The number of carbonyl (C=O) groups excluding carboxylic acids is 1. The Labute approximate surface area is 55.0 Å². The van der Waals surface area contributed by atoms with E-state index >= 15 is 0 Å². The molecule has 0 aliphatic rings. The summed E-state index contributed by atoms with van der Waals surface area (Å²) in [7, 11) is 0. The summed E-state index contributed by atoms with van der Waals surface area (Å²) in [5.41, 5.74) is 1.95. The molecule has 0 amide bonds. The van der Waals surface area contributed by atoms with Crippen LogP contribution in [0.4, 0.5) is 0 Å². The maximum absolute atomic E-state index is 10.6. The number of hydrogen-bond donors (Lipinski definition) is 2. The molecule has 3 heteroatoms. The van der Waals surface area contributed by atoms with Crippen molar-refractivity contribution in [1.29, 1.82) is 0 Å². The molecule has 0 bridgehead atoms. The second kappa shape index (κ2) is 3.58. The molecule has 0 unspecified atom stereocenters. The van der Waals surface area contributed by atoms with Gasteiger partial charge in [0, 0.05) is 0 Å². The molecule has 0 spiro atoms. The highest BCUT2D eigenvalue weighted by Crippen LogP contribution is 2.00. The molecule has 0 rings (SSSR count). The third-order valence-corrected chi connectivity index (χ3v) is 1.24. The van der Waals surface area contributed by atoms with Gasteiger partial charge in [0.05, 0.1) is 6.04 Å². The van der Waals surface area contributed by atoms with Crippen molar-refractivity contribution in [2.24, 2.45) is 5.92 Å². The van der Waals surface area contributed by atoms with E-state index in [1.54, 1.807) is 0 Å². The Hall–Kier alpha value is -0.410. The number of rotatable bonds is 3. The van der Waals surface area contributed by atoms with Crippen molar-refractivity contribution in [3.05, 3.63) is 0 Å². The fraction of sp³-hybridized carbons (Fsp3) is 0.833. The summed E-state index contributed by atoms with van der Waals surface area (Å²) in [5.74, 6) is 0.111. The first kappa shape index (κ1) is 8.59. The SMILES string of the molecule is CC(=O)[C@H](NO)C(C)C. The van der Waals surface area contributed by atoms with Gasteiger partial charge in [-0.25, -0.2) is 0 Å². The predicted octanol–water partition coefficient (Wildman–Crippen LogP) is 0.579. The van der Waals surface area contributed by atoms with Crippen molar-refractivity contribution < 1.29 is 10.0 Å². The molecule has 0 saturated carbocycles. The Morgan fingerprint density at radius 1 is 1.56 bits per heavy atom. The largest absolute Gasteiger partial charge is 0.316 e. The fourth-order valence-electron chi connectivity index (χ4n) is 0.709. The van der Waals surface area contributed by atoms with Crippen LogP contribution in [0.3, 0.4) is 0 Å². The maximum atomic E-state index is 10.6. The van der Waals surface area contributed by atoms with Crippen LogP contribution in [0.2, 0.25) is 0 Å². The quantitative estimate of drug-likeness (QED) is 0.551. The normalized spacial score (nSPS) is 13.9. The van der Waals surface area contributed by atoms with Gasteiger partial charge < -0.3 is 5.21 Å². The Kier molecular flexibility index (Phi) is 3.42. The zero-order chi connectivity index (χ0) is 7.44. The molecule has 0 heterocycles. The average molecular weight is 131 g/mol. The number of hydrogen-bond acceptors (Lipinski definition) is 3. The van der Waals surface area contributed by atoms with E-state index in [0.717, 1.165) is 0 Å². The summed E-state index contributed by atoms with van der Waals surface area (Å²) in [5, 5.41) is 8.40. The van der Waals surface area contributed by atoms with Crippen molar-refractivity contribution in [3.8, 4) is 0 Å². The smallest absolute Gasteiger partial charge is 0.149 e. The van der Waals surface area contributed by atoms with E-state index in [-0.39, 0.29) is 11.7 Å². The van der Waals surface area contributed by atoms with Gasteiger partial charge in [0.2, 0.25) is 0 Å². The third kappa shape index (κ3) is 2.58. The number of ketones is 1. The van der Waals surface area contributed by atoms with Crippen LogP contribution in [-0.2, 0) is 4.79 Å². The van der Waals surface area contributed by atoms with Crippen LogP contribution < -0.4 is 5.48 Å². The highest BCUT2D eigenvalue weighted by atomic mass is 16.5. The van der Waals surface area contributed by atoms with Crippen LogP contribution in [-0.4, -0.2) is 17.0 Å². The number of nitrogens with one attached hydrogen (secondary N) is 1. The summed E-state index contributed by atoms with van der Waals surface area (Å²) < 4.78 is 0. The topological polar surface area (TPSA) is 49.3 Å². The molecule has 0 aromatic rings. The van der Waals surface area contributed by atoms with Gasteiger partial charge in [-0.3, -0.25) is 4.79 Å². The van der Waals surface area contributed by atoms with Crippen molar-refractivity contribution in [2.45, 2.75) is 26.8 Å². The summed E-state index contributed by atoms with van der Waals surface area (Å²) in [6.45, 7) is 5.19. The summed E-state index contributed by atoms with van der Waals surface area (Å²) in [4.78, 5) is 10.6. The van der Waals surface area contributed by atoms with Gasteiger partial charge in [-0.2, -0.15) is 5.48 Å². The van der Waals surface area contributed by atoms with Crippen molar-refractivity contribution >= 4 is 5.78 Å². The molecule has 1 atom stereocenters. The Bertz CT molecular complexity index is 101. The van der Waals surface area contributed by atoms with Gasteiger partial charge in [-0.05, 0) is 12.8 Å². The minimum Gasteiger partial charge on any atom is -0.316 e. The lowest BCUT2D eigenvalue weighted by Gasteiger charge is -2.14. The standard InChI is InChI=1S/C6H13NO2/c1-4(2)6(7-9)5(3)8/h4,6-7,9H,1-3H3/t6-/m1/s1. The predicted molar refractivity (Wildman–Crippen MR) is 34.2 cm³/mol. The van der Waals surface area contributed by atoms with E-state index < -0.39 is 6.04 Å². The summed E-state index contributed by atoms with van der Waals surface area (Å²) in [6.07, 6.45) is 0. The van der Waals surface area contributed by atoms with Crippen LogP contribution in [0.1, 0.15) is 20.8 Å². The first-order valence-electron chi connectivity index (χ1n) is 2.99. The molecule has 54 valence electrons. The zero-order valence-corrected chi connectivity index (χ0v) is 6.01. The maximum Gasteiger partial charge on any atom is 0.149 e. The number of hydroxylamine groups is 1. The van der Waals surface area contributed by atoms with Crippen molar-refractivity contribution in [3.63, 3.8) is 0 Å². The highest BCUT2D eigenvalue weighted by Gasteiger charge is 2.15. The zero-order valence-electron chi connectivity index (χ0n) is 6.01. The number of Topliss-reactive ketones (excluding diaryl/α,β-unsaturated/α-hetero) is 1. The van der Waals surface area contributed by atoms with E-state index in [4.69, 9.17) is 5.21 Å². The highest BCUT2D eigenvalue weighted by molar-refractivity contribution is 5.81. The first-order valence-corrected chi connectivity index (χ1v) is 2.99. The fourth-order valence-corrected chi connectivity index (χ4v) is 0.709. The van der Waals surface area contributed by atoms with E-state index in [9.17, 15) is 4.79 Å². The minimum absolute atomic E-state index is 0.0347. The van der Waals surface area contributed by atoms with Gasteiger partial charge in [-0.1, -0.05) is 13.8 Å². The van der Waals surface area contributed by atoms with Crippen LogP contribution in [0.25, 0.3) is 0 Å². The van der Waals surface area contributed by atoms with E-state index in [0.29, 0.717) is 0 Å². The molecular formula is C6H13NO2. The molecule has 0 aromatic heterocycles. The third-order valence-electron chi connectivity index (χ3n) is 1.24. The van der Waals surface area contributed by atoms with E-state index in [1.165, 1.54) is 6.92 Å². The summed E-state index contributed by atoms with van der Waals surface area (Å²) >= 11 is 0. The van der Waals surface area contributed by atoms with E-state index in [1.807, 2.05) is 19.3 Å². The summed E-state index contributed by atoms with van der Waals surface area (Å²) in [6, 6.07) is -0.412. The van der Waals surface area contributed by atoms with Crippen LogP contribution in [0.5, 0.6) is 0 Å². The minimum atomic E-state index is -0.412. The second-order valence-electron chi connectivity index (χ2n) is 2.46. The monoisotopic (exact) mass is 131 g/mol. The lowest BCUT2D eigenvalue weighted by molar-refractivity contribution is -0.122. The molecule has 3 nitrogen and oxygen atoms in total. The van der Waals surface area contributed by atoms with Crippen LogP contribution in [0.15, 0.2) is 0 Å². The van der Waals surface area contributed by atoms with Crippen molar-refractivity contribution in [2.75, 3.05) is 0 Å². The molecule has 9 heavy (non-hydrogen) atoms. The second-order valence-corrected chi connectivity index (χ2v) is 2.46. The molecule has 0 aromatic carbocycles. The van der Waals surface area contributed by atoms with Crippen LogP contribution >= 0.6 is 0 Å². The number of carbonyl (C=O) groups is 1. The first-order chi connectivity index (χ1) is 4.09. The molecule has 0 aliphatic heterocycles. The van der Waals surface area contributed by atoms with Gasteiger partial charge in [0.15, 0.2) is 0 Å². The van der Waals surface area contributed by atoms with Gasteiger partial charge in [0.1, 0.15) is 5.78 Å². The molecular weight excluding hydrogens is 118 g/mol. The van der Waals surface area contributed by atoms with Gasteiger partial charge in [-0.15, -0.1) is 0 Å². The lowest BCUT2D eigenvalue weighted by Crippen LogP contribution is -2.37. The molecule has 0 fully saturated rings. The Morgan fingerprint density at radius 2 is 2.00 bits per heavy atom. The Balaban J connectivity index is 3.83. The average Bonchev–Trinajstić information content (AvgIpc) is 1.64. The molecule has 0 saturated heterocycles. The van der Waals surface area contributed by atoms with Gasteiger partial charge in [0.25, 0.3) is 0 Å². The van der Waals surface area contributed by atoms with Crippen molar-refractivity contribution in [1.82, 2.24) is 5.48 Å². The molecule has 0 radical (unpaired) electrons. The Morgan fingerprint density at radius 3 is 2.00 bits per heavy atom. The van der Waals surface area contributed by atoms with Crippen LogP contribution in [0, 0.1) is 5.92 Å².